The molecule has 7 nitrogen and oxygen atoms in total. The van der Waals surface area contributed by atoms with Crippen molar-refractivity contribution >= 4 is 5.91 Å². The van der Waals surface area contributed by atoms with Gasteiger partial charge in [0.2, 0.25) is 5.88 Å². The molecule has 1 fully saturated rings. The van der Waals surface area contributed by atoms with Crippen LogP contribution in [0.15, 0.2) is 53.5 Å². The number of nitrogens with one attached hydrogen (secondary N) is 2. The smallest absolute Gasteiger partial charge is 0.253 e. The predicted octanol–water partition coefficient (Wildman–Crippen LogP) is 3.29. The van der Waals surface area contributed by atoms with Crippen molar-refractivity contribution in [1.29, 1.82) is 0 Å². The molecule has 3 aromatic rings. The molecule has 160 valence electrons. The molecule has 1 aliphatic carbocycles. The fourth-order valence-corrected chi connectivity index (χ4v) is 3.54. The number of methoxy groups -OCH3 is 1. The van der Waals surface area contributed by atoms with E-state index in [-0.39, 0.29) is 23.2 Å². The Morgan fingerprint density at radius 1 is 1.26 bits per heavy atom. The first-order chi connectivity index (χ1) is 15.0. The highest BCUT2D eigenvalue weighted by Gasteiger charge is 2.23. The highest BCUT2D eigenvalue weighted by molar-refractivity contribution is 5.94. The van der Waals surface area contributed by atoms with E-state index in [4.69, 9.17) is 4.74 Å². The number of H-pyrrole nitrogens is 1. The minimum atomic E-state index is -0.501. The number of hydrogen-bond acceptors (Lipinski definition) is 5. The van der Waals surface area contributed by atoms with Gasteiger partial charge in [0.1, 0.15) is 11.6 Å². The average Bonchev–Trinajstić information content (AvgIpc) is 2.72. The first-order valence-electron chi connectivity index (χ1n) is 10.2. The summed E-state index contributed by atoms with van der Waals surface area (Å²) in [7, 11) is 1.50. The van der Waals surface area contributed by atoms with Gasteiger partial charge in [-0.25, -0.2) is 14.4 Å². The zero-order valence-electron chi connectivity index (χ0n) is 17.1. The number of benzene rings is 1. The maximum absolute atomic E-state index is 13.5. The van der Waals surface area contributed by atoms with E-state index in [0.29, 0.717) is 34.9 Å². The zero-order valence-corrected chi connectivity index (χ0v) is 17.1. The summed E-state index contributed by atoms with van der Waals surface area (Å²) in [5.41, 5.74) is 1.44. The minimum absolute atomic E-state index is 0.213. The molecule has 1 atom stereocenters. The molecule has 1 amide bonds. The second kappa shape index (κ2) is 9.07. The molecule has 8 heteroatoms. The SMILES string of the molecule is COc1ccc(C(=O)NC(Cc2cc(=O)[nH]c(C3CCC3)n2)c2ccc(F)cc2)cn1. The van der Waals surface area contributed by atoms with E-state index in [1.807, 2.05) is 0 Å². The molecule has 2 aromatic heterocycles. The molecule has 2 heterocycles. The van der Waals surface area contributed by atoms with Crippen molar-refractivity contribution in [2.45, 2.75) is 37.6 Å². The zero-order chi connectivity index (χ0) is 21.8. The van der Waals surface area contributed by atoms with Crippen LogP contribution < -0.4 is 15.6 Å². The van der Waals surface area contributed by atoms with Crippen molar-refractivity contribution in [3.8, 4) is 5.88 Å². The van der Waals surface area contributed by atoms with Gasteiger partial charge in [-0.05, 0) is 36.6 Å². The number of amides is 1. The summed E-state index contributed by atoms with van der Waals surface area (Å²) in [5.74, 6) is 0.667. The van der Waals surface area contributed by atoms with Crippen molar-refractivity contribution in [1.82, 2.24) is 20.3 Å². The molecular formula is C23H23FN4O3. The van der Waals surface area contributed by atoms with Crippen LogP contribution in [0.4, 0.5) is 4.39 Å². The summed E-state index contributed by atoms with van der Waals surface area (Å²) in [5, 5.41) is 2.96. The molecule has 31 heavy (non-hydrogen) atoms. The van der Waals surface area contributed by atoms with E-state index in [1.165, 1.54) is 31.5 Å². The highest BCUT2D eigenvalue weighted by Crippen LogP contribution is 2.34. The Bertz CT molecular complexity index is 1110. The van der Waals surface area contributed by atoms with Gasteiger partial charge in [-0.2, -0.15) is 0 Å². The Balaban J connectivity index is 1.60. The van der Waals surface area contributed by atoms with Gasteiger partial charge in [0, 0.05) is 30.7 Å². The third-order valence-electron chi connectivity index (χ3n) is 5.50. The van der Waals surface area contributed by atoms with Crippen LogP contribution in [0.2, 0.25) is 0 Å². The van der Waals surface area contributed by atoms with E-state index >= 15 is 0 Å². The van der Waals surface area contributed by atoms with Crippen LogP contribution in [0.25, 0.3) is 0 Å². The molecule has 1 aliphatic rings. The number of aromatic amines is 1. The third kappa shape index (κ3) is 4.96. The average molecular weight is 422 g/mol. The van der Waals surface area contributed by atoms with Crippen LogP contribution in [0, 0.1) is 5.82 Å². The molecule has 0 spiro atoms. The fraction of sp³-hybridized carbons (Fsp3) is 0.304. The lowest BCUT2D eigenvalue weighted by Crippen LogP contribution is -2.31. The number of carbonyl (C=O) groups is 1. The summed E-state index contributed by atoms with van der Waals surface area (Å²) in [6, 6.07) is 10.1. The molecule has 0 saturated heterocycles. The van der Waals surface area contributed by atoms with E-state index in [0.717, 1.165) is 19.3 Å². The van der Waals surface area contributed by atoms with E-state index in [1.54, 1.807) is 24.3 Å². The van der Waals surface area contributed by atoms with Crippen LogP contribution in [-0.4, -0.2) is 28.0 Å². The number of halogens is 1. The minimum Gasteiger partial charge on any atom is -0.481 e. The maximum Gasteiger partial charge on any atom is 0.253 e. The van der Waals surface area contributed by atoms with Gasteiger partial charge >= 0.3 is 0 Å². The lowest BCUT2D eigenvalue weighted by Gasteiger charge is -2.25. The summed E-state index contributed by atoms with van der Waals surface area (Å²) < 4.78 is 18.5. The second-order valence-electron chi connectivity index (χ2n) is 7.62. The predicted molar refractivity (Wildman–Crippen MR) is 113 cm³/mol. The first kappa shape index (κ1) is 20.7. The maximum atomic E-state index is 13.5. The van der Waals surface area contributed by atoms with E-state index in [2.05, 4.69) is 20.3 Å². The first-order valence-corrected chi connectivity index (χ1v) is 10.2. The third-order valence-corrected chi connectivity index (χ3v) is 5.50. The Morgan fingerprint density at radius 2 is 2.03 bits per heavy atom. The molecular weight excluding hydrogens is 399 g/mol. The van der Waals surface area contributed by atoms with Gasteiger partial charge < -0.3 is 15.0 Å². The Hall–Kier alpha value is -3.55. The Labute approximate surface area is 178 Å². The monoisotopic (exact) mass is 422 g/mol. The van der Waals surface area contributed by atoms with Gasteiger partial charge in [-0.1, -0.05) is 18.6 Å². The van der Waals surface area contributed by atoms with Crippen molar-refractivity contribution < 1.29 is 13.9 Å². The molecule has 0 aliphatic heterocycles. The Morgan fingerprint density at radius 3 is 2.65 bits per heavy atom. The largest absolute Gasteiger partial charge is 0.481 e. The van der Waals surface area contributed by atoms with Crippen molar-refractivity contribution in [3.63, 3.8) is 0 Å². The fourth-order valence-electron chi connectivity index (χ4n) is 3.54. The number of aromatic nitrogens is 3. The van der Waals surface area contributed by atoms with Gasteiger partial charge in [0.25, 0.3) is 11.5 Å². The highest BCUT2D eigenvalue weighted by atomic mass is 19.1. The van der Waals surface area contributed by atoms with Gasteiger partial charge in [0.15, 0.2) is 0 Å². The van der Waals surface area contributed by atoms with Crippen LogP contribution in [0.1, 0.15) is 58.7 Å². The van der Waals surface area contributed by atoms with E-state index < -0.39 is 6.04 Å². The van der Waals surface area contributed by atoms with Gasteiger partial charge in [-0.3, -0.25) is 9.59 Å². The molecule has 0 bridgehead atoms. The van der Waals surface area contributed by atoms with Crippen LogP contribution in [-0.2, 0) is 6.42 Å². The quantitative estimate of drug-likeness (QED) is 0.609. The number of rotatable bonds is 7. The Kier molecular flexibility index (Phi) is 6.06. The lowest BCUT2D eigenvalue weighted by atomic mass is 9.85. The van der Waals surface area contributed by atoms with Crippen LogP contribution in [0.5, 0.6) is 5.88 Å². The lowest BCUT2D eigenvalue weighted by molar-refractivity contribution is 0.0936. The van der Waals surface area contributed by atoms with Crippen molar-refractivity contribution in [2.75, 3.05) is 7.11 Å². The van der Waals surface area contributed by atoms with Crippen molar-refractivity contribution in [3.05, 3.63) is 87.5 Å². The molecule has 1 saturated carbocycles. The summed E-state index contributed by atoms with van der Waals surface area (Å²) in [6.45, 7) is 0. The summed E-state index contributed by atoms with van der Waals surface area (Å²) in [4.78, 5) is 36.5. The molecule has 0 radical (unpaired) electrons. The number of hydrogen-bond donors (Lipinski definition) is 2. The number of pyridine rings is 1. The van der Waals surface area contributed by atoms with Crippen LogP contribution >= 0.6 is 0 Å². The van der Waals surface area contributed by atoms with Gasteiger partial charge in [0.05, 0.1) is 24.4 Å². The van der Waals surface area contributed by atoms with E-state index in [9.17, 15) is 14.0 Å². The molecule has 1 unspecified atom stereocenters. The molecule has 1 aromatic carbocycles. The molecule has 2 N–H and O–H groups in total. The topological polar surface area (TPSA) is 97.0 Å². The number of nitrogens with zero attached hydrogens (tertiary/aromatic N) is 2. The number of ether oxygens (including phenoxy) is 1. The summed E-state index contributed by atoms with van der Waals surface area (Å²) >= 11 is 0. The van der Waals surface area contributed by atoms with Gasteiger partial charge in [-0.15, -0.1) is 0 Å². The number of carbonyl (C=O) groups excluding carboxylic acids is 1. The second-order valence-corrected chi connectivity index (χ2v) is 7.62. The standard InChI is InChI=1S/C23H23FN4O3/c1-31-21-10-7-16(13-25-21)23(30)27-19(14-5-8-17(24)9-6-14)11-18-12-20(29)28-22(26-18)15-3-2-4-15/h5-10,12-13,15,19H,2-4,11H2,1H3,(H,27,30)(H,26,28,29). The van der Waals surface area contributed by atoms with Crippen molar-refractivity contribution in [2.24, 2.45) is 0 Å². The van der Waals surface area contributed by atoms with Crippen LogP contribution in [0.3, 0.4) is 0 Å². The summed E-state index contributed by atoms with van der Waals surface area (Å²) in [6.07, 6.45) is 4.87. The molecule has 4 rings (SSSR count). The normalized spacial score (nSPS) is 14.5.